The number of hydrogen-bond acceptors (Lipinski definition) is 5. The quantitative estimate of drug-likeness (QED) is 0.502. The van der Waals surface area contributed by atoms with Gasteiger partial charge in [0.1, 0.15) is 11.5 Å². The highest BCUT2D eigenvalue weighted by molar-refractivity contribution is 6.05. The van der Waals surface area contributed by atoms with Gasteiger partial charge in [0.15, 0.2) is 0 Å². The molecule has 1 amide bonds. The summed E-state index contributed by atoms with van der Waals surface area (Å²) in [5, 5.41) is 18.2. The van der Waals surface area contributed by atoms with Gasteiger partial charge in [0.2, 0.25) is 0 Å². The molecule has 0 saturated carbocycles. The molecule has 3 rings (SSSR count). The van der Waals surface area contributed by atoms with E-state index in [1.165, 1.54) is 12.1 Å². The summed E-state index contributed by atoms with van der Waals surface area (Å²) >= 11 is 0. The van der Waals surface area contributed by atoms with E-state index in [0.717, 1.165) is 5.56 Å². The van der Waals surface area contributed by atoms with Crippen molar-refractivity contribution in [2.24, 2.45) is 0 Å². The van der Waals surface area contributed by atoms with Gasteiger partial charge in [0.05, 0.1) is 27.9 Å². The molecule has 0 aliphatic heterocycles. The fourth-order valence-electron chi connectivity index (χ4n) is 2.66. The summed E-state index contributed by atoms with van der Waals surface area (Å²) in [6.07, 6.45) is 1.64. The summed E-state index contributed by atoms with van der Waals surface area (Å²) in [5.41, 5.74) is 2.16. The zero-order valence-corrected chi connectivity index (χ0v) is 15.8. The number of benzene rings is 2. The van der Waals surface area contributed by atoms with E-state index in [9.17, 15) is 14.9 Å². The van der Waals surface area contributed by atoms with Gasteiger partial charge < -0.3 is 10.1 Å². The molecule has 144 valence electrons. The average molecular weight is 380 g/mol. The fourth-order valence-corrected chi connectivity index (χ4v) is 2.66. The first-order valence-corrected chi connectivity index (χ1v) is 8.75. The predicted molar refractivity (Wildman–Crippen MR) is 105 cm³/mol. The third-order valence-corrected chi connectivity index (χ3v) is 4.13. The minimum absolute atomic E-state index is 0.180. The minimum Gasteiger partial charge on any atom is -0.457 e. The highest BCUT2D eigenvalue weighted by Gasteiger charge is 2.17. The number of rotatable bonds is 6. The molecule has 1 N–H and O–H groups in total. The molecule has 3 aromatic rings. The largest absolute Gasteiger partial charge is 0.457 e. The molecule has 8 nitrogen and oxygen atoms in total. The maximum absolute atomic E-state index is 12.6. The Bertz CT molecular complexity index is 1030. The van der Waals surface area contributed by atoms with E-state index in [1.54, 1.807) is 36.0 Å². The van der Waals surface area contributed by atoms with E-state index in [-0.39, 0.29) is 23.0 Å². The lowest BCUT2D eigenvalue weighted by Gasteiger charge is -2.09. The number of anilines is 1. The van der Waals surface area contributed by atoms with Crippen LogP contribution in [0.2, 0.25) is 0 Å². The second-order valence-electron chi connectivity index (χ2n) is 6.33. The Kier molecular flexibility index (Phi) is 5.39. The first kappa shape index (κ1) is 19.1. The maximum Gasteiger partial charge on any atom is 0.275 e. The molecule has 2 aromatic carbocycles. The number of aromatic nitrogens is 2. The molecule has 0 radical (unpaired) electrons. The van der Waals surface area contributed by atoms with Crippen molar-refractivity contribution in [3.63, 3.8) is 0 Å². The molecule has 1 aromatic heterocycles. The van der Waals surface area contributed by atoms with Crippen molar-refractivity contribution in [1.29, 1.82) is 0 Å². The molecular weight excluding hydrogens is 360 g/mol. The van der Waals surface area contributed by atoms with Crippen molar-refractivity contribution in [3.8, 4) is 11.5 Å². The lowest BCUT2D eigenvalue weighted by molar-refractivity contribution is -0.384. The molecule has 28 heavy (non-hydrogen) atoms. The zero-order valence-electron chi connectivity index (χ0n) is 15.8. The normalized spacial score (nSPS) is 10.5. The third kappa shape index (κ3) is 4.35. The smallest absolute Gasteiger partial charge is 0.275 e. The van der Waals surface area contributed by atoms with Crippen LogP contribution in [-0.2, 0) is 6.54 Å². The Morgan fingerprint density at radius 1 is 1.18 bits per heavy atom. The van der Waals surface area contributed by atoms with Crippen LogP contribution in [0.3, 0.4) is 0 Å². The van der Waals surface area contributed by atoms with Gasteiger partial charge in [-0.1, -0.05) is 17.7 Å². The van der Waals surface area contributed by atoms with Gasteiger partial charge in [-0.2, -0.15) is 5.10 Å². The number of nitrogens with zero attached hydrogens (tertiary/aromatic N) is 3. The van der Waals surface area contributed by atoms with Gasteiger partial charge in [-0.05, 0) is 32.9 Å². The summed E-state index contributed by atoms with van der Waals surface area (Å²) in [5.74, 6) is 0.414. The van der Waals surface area contributed by atoms with E-state index in [1.807, 2.05) is 26.0 Å². The molecular formula is C20H20N4O4. The van der Waals surface area contributed by atoms with E-state index in [4.69, 9.17) is 4.74 Å². The number of aryl methyl sites for hydroxylation is 3. The van der Waals surface area contributed by atoms with E-state index >= 15 is 0 Å². The van der Waals surface area contributed by atoms with Gasteiger partial charge in [-0.15, -0.1) is 0 Å². The van der Waals surface area contributed by atoms with Gasteiger partial charge in [0.25, 0.3) is 11.6 Å². The van der Waals surface area contributed by atoms with Crippen molar-refractivity contribution in [1.82, 2.24) is 9.78 Å². The molecule has 1 heterocycles. The van der Waals surface area contributed by atoms with Crippen LogP contribution in [0.15, 0.2) is 48.7 Å². The van der Waals surface area contributed by atoms with Gasteiger partial charge >= 0.3 is 0 Å². The Morgan fingerprint density at radius 3 is 2.50 bits per heavy atom. The van der Waals surface area contributed by atoms with Crippen molar-refractivity contribution >= 4 is 17.3 Å². The average Bonchev–Trinajstić information content (AvgIpc) is 3.04. The molecule has 8 heteroatoms. The first-order chi connectivity index (χ1) is 13.4. The van der Waals surface area contributed by atoms with E-state index in [2.05, 4.69) is 10.4 Å². The number of hydrogen-bond donors (Lipinski definition) is 1. The molecule has 0 spiro atoms. The predicted octanol–water partition coefficient (Wildman–Crippen LogP) is 4.47. The van der Waals surface area contributed by atoms with Crippen molar-refractivity contribution in [2.45, 2.75) is 27.3 Å². The first-order valence-electron chi connectivity index (χ1n) is 8.75. The lowest BCUT2D eigenvalue weighted by Crippen LogP contribution is -2.12. The number of nitro groups is 1. The Balaban J connectivity index is 1.88. The topological polar surface area (TPSA) is 99.3 Å². The Morgan fingerprint density at radius 2 is 1.89 bits per heavy atom. The maximum atomic E-state index is 12.6. The van der Waals surface area contributed by atoms with Gasteiger partial charge in [0, 0.05) is 24.9 Å². The monoisotopic (exact) mass is 380 g/mol. The number of nitrogens with one attached hydrogen (secondary N) is 1. The second kappa shape index (κ2) is 7.91. The zero-order chi connectivity index (χ0) is 20.3. The number of carbonyl (C=O) groups excluding carboxylic acids is 1. The summed E-state index contributed by atoms with van der Waals surface area (Å²) in [4.78, 5) is 23.3. The summed E-state index contributed by atoms with van der Waals surface area (Å²) in [6, 6.07) is 11.5. The highest BCUT2D eigenvalue weighted by Crippen LogP contribution is 2.30. The van der Waals surface area contributed by atoms with Crippen LogP contribution in [0, 0.1) is 24.0 Å². The van der Waals surface area contributed by atoms with Crippen molar-refractivity contribution < 1.29 is 14.5 Å². The van der Waals surface area contributed by atoms with Crippen LogP contribution < -0.4 is 10.1 Å². The molecule has 0 saturated heterocycles. The number of nitro benzene ring substituents is 1. The van der Waals surface area contributed by atoms with Crippen LogP contribution >= 0.6 is 0 Å². The number of amides is 1. The van der Waals surface area contributed by atoms with Gasteiger partial charge in [-0.3, -0.25) is 19.6 Å². The number of non-ortho nitro benzene ring substituents is 1. The van der Waals surface area contributed by atoms with Crippen LogP contribution in [0.25, 0.3) is 0 Å². The molecule has 0 unspecified atom stereocenters. The molecule has 0 fully saturated rings. The molecule has 0 aliphatic carbocycles. The van der Waals surface area contributed by atoms with E-state index < -0.39 is 4.92 Å². The van der Waals surface area contributed by atoms with Crippen molar-refractivity contribution in [3.05, 3.63) is 75.6 Å². The van der Waals surface area contributed by atoms with Crippen LogP contribution in [0.1, 0.15) is 28.5 Å². The molecule has 0 aliphatic rings. The van der Waals surface area contributed by atoms with Crippen LogP contribution in [-0.4, -0.2) is 20.6 Å². The number of carbonyl (C=O) groups is 1. The summed E-state index contributed by atoms with van der Waals surface area (Å²) < 4.78 is 7.38. The van der Waals surface area contributed by atoms with Crippen LogP contribution in [0.5, 0.6) is 11.5 Å². The summed E-state index contributed by atoms with van der Waals surface area (Å²) in [6.45, 7) is 6.25. The third-order valence-electron chi connectivity index (χ3n) is 4.13. The van der Waals surface area contributed by atoms with E-state index in [0.29, 0.717) is 23.6 Å². The van der Waals surface area contributed by atoms with Crippen LogP contribution in [0.4, 0.5) is 11.4 Å². The lowest BCUT2D eigenvalue weighted by atomic mass is 10.2. The number of ether oxygens (including phenoxy) is 1. The minimum atomic E-state index is -0.530. The van der Waals surface area contributed by atoms with Crippen molar-refractivity contribution in [2.75, 3.05) is 5.32 Å². The Labute approximate surface area is 161 Å². The highest BCUT2D eigenvalue weighted by atomic mass is 16.6. The molecule has 0 bridgehead atoms. The summed E-state index contributed by atoms with van der Waals surface area (Å²) in [7, 11) is 0. The SMILES string of the molecule is CCn1cc(C(=O)Nc2cc(Oc3ccc(C)cc3)cc([N+](=O)[O-])c2)c(C)n1. The molecule has 0 atom stereocenters. The van der Waals surface area contributed by atoms with Gasteiger partial charge in [-0.25, -0.2) is 0 Å². The fraction of sp³-hybridized carbons (Fsp3) is 0.200. The standard InChI is InChI=1S/C20H20N4O4/c1-4-23-12-19(14(3)22-23)20(25)21-15-9-16(24(26)27)11-18(10-15)28-17-7-5-13(2)6-8-17/h5-12H,4H2,1-3H3,(H,21,25). The Hall–Kier alpha value is -3.68. The second-order valence-corrected chi connectivity index (χ2v) is 6.33.